The molecule has 9 nitrogen and oxygen atoms in total. The number of nitrogens with two attached hydrogens (primary N) is 1. The van der Waals surface area contributed by atoms with Gasteiger partial charge >= 0.3 is 6.09 Å². The molecule has 2 aromatic heterocycles. The van der Waals surface area contributed by atoms with Crippen molar-refractivity contribution < 1.29 is 27.8 Å². The van der Waals surface area contributed by atoms with E-state index in [0.29, 0.717) is 29.4 Å². The van der Waals surface area contributed by atoms with E-state index in [1.807, 2.05) is 6.92 Å². The molecule has 0 saturated carbocycles. The van der Waals surface area contributed by atoms with Gasteiger partial charge in [0.15, 0.2) is 5.82 Å². The Hall–Kier alpha value is -3.64. The highest BCUT2D eigenvalue weighted by Crippen LogP contribution is 2.40. The molecule has 3 aromatic rings. The van der Waals surface area contributed by atoms with Crippen molar-refractivity contribution in [2.45, 2.75) is 32.2 Å². The number of aromatic nitrogens is 2. The molecule has 2 unspecified atom stereocenters. The van der Waals surface area contributed by atoms with E-state index in [-0.39, 0.29) is 48.7 Å². The van der Waals surface area contributed by atoms with E-state index >= 15 is 4.39 Å². The molecule has 2 fully saturated rings. The number of aryl methyl sites for hydroxylation is 1. The SMILES string of the molecule is Cc1c(-c2cc3cc(N(C(=O)O)C4C5COCC4CN(CC(F)F)C5)ncc3c(N)c2F)cnc2c1NCCC2. The monoisotopic (exact) mass is 556 g/mol. The second-order valence-electron chi connectivity index (χ2n) is 10.9. The Labute approximate surface area is 229 Å². The number of nitrogens with zero attached hydrogens (tertiary/aromatic N) is 4. The average molecular weight is 557 g/mol. The van der Waals surface area contributed by atoms with Gasteiger partial charge in [-0.25, -0.2) is 22.9 Å². The molecule has 4 N–H and O–H groups in total. The van der Waals surface area contributed by atoms with Gasteiger partial charge in [-0.3, -0.25) is 14.8 Å². The minimum Gasteiger partial charge on any atom is -0.465 e. The molecule has 6 rings (SSSR count). The van der Waals surface area contributed by atoms with Crippen LogP contribution in [0.4, 0.5) is 35.2 Å². The lowest BCUT2D eigenvalue weighted by molar-refractivity contribution is -0.0659. The number of carboxylic acid groups (broad SMARTS) is 1. The van der Waals surface area contributed by atoms with Gasteiger partial charge in [-0.05, 0) is 42.8 Å². The van der Waals surface area contributed by atoms with E-state index in [1.54, 1.807) is 23.2 Å². The fraction of sp³-hybridized carbons (Fsp3) is 0.464. The van der Waals surface area contributed by atoms with E-state index < -0.39 is 24.4 Å². The maximum atomic E-state index is 15.6. The third kappa shape index (κ3) is 4.58. The van der Waals surface area contributed by atoms with Crippen LogP contribution in [0.1, 0.15) is 17.7 Å². The smallest absolute Gasteiger partial charge is 0.413 e. The number of carbonyl (C=O) groups is 1. The Morgan fingerprint density at radius 2 is 1.98 bits per heavy atom. The first kappa shape index (κ1) is 26.6. The van der Waals surface area contributed by atoms with Gasteiger partial charge in [0.25, 0.3) is 6.43 Å². The zero-order valence-corrected chi connectivity index (χ0v) is 22.0. The van der Waals surface area contributed by atoms with E-state index in [4.69, 9.17) is 10.5 Å². The molecule has 0 aliphatic carbocycles. The largest absolute Gasteiger partial charge is 0.465 e. The maximum Gasteiger partial charge on any atom is 0.413 e. The molecule has 5 heterocycles. The number of halogens is 3. The van der Waals surface area contributed by atoms with Gasteiger partial charge in [0.1, 0.15) is 5.82 Å². The average Bonchev–Trinajstić information content (AvgIpc) is 2.91. The van der Waals surface area contributed by atoms with E-state index in [2.05, 4.69) is 15.3 Å². The highest BCUT2D eigenvalue weighted by molar-refractivity contribution is 5.99. The second-order valence-corrected chi connectivity index (χ2v) is 10.9. The summed E-state index contributed by atoms with van der Waals surface area (Å²) in [6, 6.07) is 2.76. The number of rotatable bonds is 5. The van der Waals surface area contributed by atoms with Crippen molar-refractivity contribution in [3.63, 3.8) is 0 Å². The van der Waals surface area contributed by atoms with Gasteiger partial charge in [0, 0.05) is 60.4 Å². The predicted octanol–water partition coefficient (Wildman–Crippen LogP) is 4.38. The van der Waals surface area contributed by atoms with Gasteiger partial charge in [-0.15, -0.1) is 0 Å². The second kappa shape index (κ2) is 10.4. The number of likely N-dealkylation sites (tertiary alicyclic amines) is 1. The van der Waals surface area contributed by atoms with Crippen LogP contribution in [0, 0.1) is 24.6 Å². The van der Waals surface area contributed by atoms with Crippen molar-refractivity contribution in [3.8, 4) is 11.1 Å². The zero-order valence-electron chi connectivity index (χ0n) is 22.0. The Bertz CT molecular complexity index is 1460. The highest BCUT2D eigenvalue weighted by Gasteiger charge is 2.46. The summed E-state index contributed by atoms with van der Waals surface area (Å²) in [4.78, 5) is 24.5. The van der Waals surface area contributed by atoms with E-state index in [9.17, 15) is 18.7 Å². The highest BCUT2D eigenvalue weighted by atomic mass is 19.3. The number of hydrogen-bond acceptors (Lipinski definition) is 7. The van der Waals surface area contributed by atoms with Crippen LogP contribution in [0.2, 0.25) is 0 Å². The lowest BCUT2D eigenvalue weighted by Gasteiger charge is -2.49. The Morgan fingerprint density at radius 3 is 2.67 bits per heavy atom. The Kier molecular flexibility index (Phi) is 6.91. The summed E-state index contributed by atoms with van der Waals surface area (Å²) in [5.41, 5.74) is 9.75. The first-order valence-corrected chi connectivity index (χ1v) is 13.4. The fourth-order valence-corrected chi connectivity index (χ4v) is 6.59. The van der Waals surface area contributed by atoms with Crippen LogP contribution in [0.25, 0.3) is 21.9 Å². The third-order valence-electron chi connectivity index (χ3n) is 8.35. The maximum absolute atomic E-state index is 15.6. The molecule has 1 amide bonds. The van der Waals surface area contributed by atoms with Gasteiger partial charge in [-0.2, -0.15) is 0 Å². The van der Waals surface area contributed by atoms with Crippen molar-refractivity contribution in [2.24, 2.45) is 11.8 Å². The van der Waals surface area contributed by atoms with Gasteiger partial charge in [-0.1, -0.05) is 0 Å². The molecule has 3 aliphatic heterocycles. The van der Waals surface area contributed by atoms with Crippen molar-refractivity contribution in [1.82, 2.24) is 14.9 Å². The van der Waals surface area contributed by atoms with Crippen molar-refractivity contribution in [1.29, 1.82) is 0 Å². The summed E-state index contributed by atoms with van der Waals surface area (Å²) < 4.78 is 47.5. The number of benzene rings is 1. The van der Waals surface area contributed by atoms with Gasteiger partial charge < -0.3 is 20.9 Å². The Morgan fingerprint density at radius 1 is 1.23 bits per heavy atom. The van der Waals surface area contributed by atoms with Crippen molar-refractivity contribution in [2.75, 3.05) is 55.3 Å². The minimum atomic E-state index is -2.47. The number of hydrogen-bond donors (Lipinski definition) is 3. The number of piperidine rings is 1. The van der Waals surface area contributed by atoms with Crippen molar-refractivity contribution in [3.05, 3.63) is 41.6 Å². The molecule has 12 heteroatoms. The summed E-state index contributed by atoms with van der Waals surface area (Å²) in [6.45, 7) is 3.49. The molecule has 0 spiro atoms. The first-order valence-electron chi connectivity index (χ1n) is 13.4. The van der Waals surface area contributed by atoms with Crippen LogP contribution in [0.3, 0.4) is 0 Å². The van der Waals surface area contributed by atoms with Gasteiger partial charge in [0.05, 0.1) is 42.9 Å². The number of fused-ring (bicyclic) bond motifs is 4. The van der Waals surface area contributed by atoms with Gasteiger partial charge in [0.2, 0.25) is 0 Å². The molecule has 3 aliphatic rings. The summed E-state index contributed by atoms with van der Waals surface area (Å²) in [6.07, 6.45) is 1.20. The predicted molar refractivity (Wildman–Crippen MR) is 145 cm³/mol. The first-order chi connectivity index (χ1) is 19.2. The lowest BCUT2D eigenvalue weighted by atomic mass is 9.81. The zero-order chi connectivity index (χ0) is 28.1. The lowest BCUT2D eigenvalue weighted by Crippen LogP contribution is -2.63. The number of nitrogens with one attached hydrogen (secondary N) is 1. The fourth-order valence-electron chi connectivity index (χ4n) is 6.59. The van der Waals surface area contributed by atoms with Crippen LogP contribution in [-0.2, 0) is 11.2 Å². The molecule has 1 aromatic carbocycles. The third-order valence-corrected chi connectivity index (χ3v) is 8.35. The van der Waals surface area contributed by atoms with Crippen LogP contribution in [0.5, 0.6) is 0 Å². The summed E-state index contributed by atoms with van der Waals surface area (Å²) in [5, 5.41) is 14.6. The number of ether oxygens (including phenoxy) is 1. The Balaban J connectivity index is 1.41. The number of alkyl halides is 2. The number of nitrogen functional groups attached to an aromatic ring is 1. The van der Waals surface area contributed by atoms with E-state index in [1.165, 1.54) is 11.1 Å². The molecule has 2 bridgehead atoms. The molecule has 40 heavy (non-hydrogen) atoms. The van der Waals surface area contributed by atoms with Crippen molar-refractivity contribution >= 4 is 34.1 Å². The molecule has 0 radical (unpaired) electrons. The standard InChI is InChI=1S/C28H31F3N6O3/c1-14-19(7-34-21-3-2-4-33-26(14)21)18-5-15-6-23(35-8-20(15)25(32)24(18)31)37(28(38)39)27-16-9-36(11-22(29)30)10-17(27)13-40-12-16/h5-8,16-17,22,27,33H,2-4,9-13,32H2,1H3,(H,38,39). The van der Waals surface area contributed by atoms with Crippen LogP contribution in [-0.4, -0.2) is 77.9 Å². The van der Waals surface area contributed by atoms with E-state index in [0.717, 1.165) is 36.3 Å². The minimum absolute atomic E-state index is 0.0796. The molecular weight excluding hydrogens is 525 g/mol. The normalized spacial score (nSPS) is 22.7. The quantitative estimate of drug-likeness (QED) is 0.397. The topological polar surface area (TPSA) is 117 Å². The van der Waals surface area contributed by atoms with Crippen LogP contribution >= 0.6 is 0 Å². The summed E-state index contributed by atoms with van der Waals surface area (Å²) in [5.74, 6) is -1.02. The van der Waals surface area contributed by atoms with Crippen LogP contribution in [0.15, 0.2) is 24.5 Å². The molecule has 2 saturated heterocycles. The summed E-state index contributed by atoms with van der Waals surface area (Å²) >= 11 is 0. The molecular formula is C28H31F3N6O3. The molecule has 212 valence electrons. The molecule has 2 atom stereocenters. The number of pyridine rings is 2. The van der Waals surface area contributed by atoms with Crippen LogP contribution < -0.4 is 16.0 Å². The summed E-state index contributed by atoms with van der Waals surface area (Å²) in [7, 11) is 0. The number of anilines is 3. The number of amides is 1.